The molecule has 1 aliphatic carbocycles. The summed E-state index contributed by atoms with van der Waals surface area (Å²) in [6.07, 6.45) is 6.10. The predicted molar refractivity (Wildman–Crippen MR) is 141 cm³/mol. The molecule has 1 saturated carbocycles. The van der Waals surface area contributed by atoms with Crippen LogP contribution in [0.4, 0.5) is 25.8 Å². The van der Waals surface area contributed by atoms with E-state index in [-0.39, 0.29) is 22.5 Å². The molecule has 4 N–H and O–H groups in total. The minimum absolute atomic E-state index is 0.0676. The van der Waals surface area contributed by atoms with Gasteiger partial charge < -0.3 is 21.1 Å². The van der Waals surface area contributed by atoms with Gasteiger partial charge in [-0.2, -0.15) is 0 Å². The smallest absolute Gasteiger partial charge is 0.335 e. The number of nitrogens with one attached hydrogen (secondary N) is 3. The second kappa shape index (κ2) is 10.2. The number of aromatic carboxylic acids is 1. The van der Waals surface area contributed by atoms with Crippen molar-refractivity contribution >= 4 is 40.5 Å². The van der Waals surface area contributed by atoms with Crippen molar-refractivity contribution in [2.45, 2.75) is 44.7 Å². The third-order valence-electron chi connectivity index (χ3n) is 7.51. The highest BCUT2D eigenvalue weighted by Crippen LogP contribution is 2.49. The number of amides is 1. The van der Waals surface area contributed by atoms with E-state index < -0.39 is 29.2 Å². The summed E-state index contributed by atoms with van der Waals surface area (Å²) < 4.78 is 28.4. The lowest BCUT2D eigenvalue weighted by atomic mass is 9.71. The highest BCUT2D eigenvalue weighted by molar-refractivity contribution is 6.29. The molecule has 1 aliphatic heterocycles. The van der Waals surface area contributed by atoms with E-state index in [9.17, 15) is 23.5 Å². The third kappa shape index (κ3) is 4.78. The molecular weight excluding hydrogens is 514 g/mol. The molecule has 2 heterocycles. The first kappa shape index (κ1) is 25.9. The molecule has 7 nitrogen and oxygen atoms in total. The van der Waals surface area contributed by atoms with E-state index in [1.807, 2.05) is 0 Å². The summed E-state index contributed by atoms with van der Waals surface area (Å²) in [6.45, 7) is 1.73. The Balaban J connectivity index is 1.61. The second-order valence-corrected chi connectivity index (χ2v) is 10.3. The number of anilines is 3. The van der Waals surface area contributed by atoms with Crippen molar-refractivity contribution in [3.8, 4) is 0 Å². The molecule has 38 heavy (non-hydrogen) atoms. The number of carbonyl (C=O) groups excluding carboxylic acids is 1. The van der Waals surface area contributed by atoms with Crippen LogP contribution in [-0.2, 0) is 10.5 Å². The highest BCUT2D eigenvalue weighted by Gasteiger charge is 2.52. The number of fused-ring (bicyclic) bond motifs is 1. The molecular formula is C28H27ClF2N4O3. The van der Waals surface area contributed by atoms with Crippen molar-refractivity contribution in [3.63, 3.8) is 0 Å². The van der Waals surface area contributed by atoms with E-state index >= 15 is 0 Å². The van der Waals surface area contributed by atoms with Crippen LogP contribution in [0.3, 0.4) is 0 Å². The van der Waals surface area contributed by atoms with Crippen LogP contribution in [0, 0.1) is 30.4 Å². The zero-order valence-corrected chi connectivity index (χ0v) is 21.4. The Labute approximate surface area is 223 Å². The van der Waals surface area contributed by atoms with Crippen LogP contribution in [0.5, 0.6) is 0 Å². The number of benzene rings is 2. The first-order valence-corrected chi connectivity index (χ1v) is 12.9. The molecule has 0 spiro atoms. The van der Waals surface area contributed by atoms with Gasteiger partial charge >= 0.3 is 5.97 Å². The van der Waals surface area contributed by atoms with Crippen LogP contribution < -0.4 is 16.0 Å². The van der Waals surface area contributed by atoms with Gasteiger partial charge in [-0.25, -0.2) is 18.6 Å². The van der Waals surface area contributed by atoms with Gasteiger partial charge in [-0.15, -0.1) is 0 Å². The van der Waals surface area contributed by atoms with Crippen LogP contribution in [0.1, 0.15) is 53.6 Å². The molecule has 1 aromatic heterocycles. The average Bonchev–Trinajstić information content (AvgIpc) is 3.25. The number of halogens is 3. The molecule has 1 fully saturated rings. The van der Waals surface area contributed by atoms with Gasteiger partial charge in [0.05, 0.1) is 22.9 Å². The van der Waals surface area contributed by atoms with Crippen molar-refractivity contribution in [2.24, 2.45) is 11.8 Å². The van der Waals surface area contributed by atoms with Crippen LogP contribution in [0.15, 0.2) is 48.7 Å². The van der Waals surface area contributed by atoms with Gasteiger partial charge in [0.1, 0.15) is 10.8 Å². The second-order valence-electron chi connectivity index (χ2n) is 9.94. The maximum absolute atomic E-state index is 14.2. The predicted octanol–water partition coefficient (Wildman–Crippen LogP) is 6.55. The number of rotatable bonds is 6. The topological polar surface area (TPSA) is 103 Å². The average molecular weight is 541 g/mol. The van der Waals surface area contributed by atoms with E-state index in [0.29, 0.717) is 28.2 Å². The van der Waals surface area contributed by atoms with Crippen molar-refractivity contribution < 1.29 is 23.5 Å². The van der Waals surface area contributed by atoms with Crippen LogP contribution in [-0.4, -0.2) is 22.0 Å². The fourth-order valence-corrected chi connectivity index (χ4v) is 5.79. The lowest BCUT2D eigenvalue weighted by molar-refractivity contribution is -0.124. The van der Waals surface area contributed by atoms with Gasteiger partial charge in [-0.3, -0.25) is 4.79 Å². The molecule has 2 aromatic carbocycles. The molecule has 0 saturated heterocycles. The first-order valence-electron chi connectivity index (χ1n) is 12.5. The van der Waals surface area contributed by atoms with Gasteiger partial charge in [0.15, 0.2) is 11.6 Å². The lowest BCUT2D eigenvalue weighted by Crippen LogP contribution is -2.54. The fourth-order valence-electron chi connectivity index (χ4n) is 5.68. The summed E-state index contributed by atoms with van der Waals surface area (Å²) in [5.74, 6) is -4.18. The number of aryl methyl sites for hydroxylation is 1. The van der Waals surface area contributed by atoms with Crippen molar-refractivity contribution in [3.05, 3.63) is 82.1 Å². The normalized spacial score (nSPS) is 17.2. The number of nitrogens with zero attached hydrogens (tertiary/aromatic N) is 1. The summed E-state index contributed by atoms with van der Waals surface area (Å²) >= 11 is 6.07. The Hall–Kier alpha value is -3.72. The first-order chi connectivity index (χ1) is 18.2. The summed E-state index contributed by atoms with van der Waals surface area (Å²) in [6, 6.07) is 10.0. The quantitative estimate of drug-likeness (QED) is 0.264. The third-order valence-corrected chi connectivity index (χ3v) is 7.73. The Morgan fingerprint density at radius 1 is 1.05 bits per heavy atom. The Bertz CT molecular complexity index is 1360. The molecule has 5 rings (SSSR count). The summed E-state index contributed by atoms with van der Waals surface area (Å²) in [7, 11) is 0. The monoisotopic (exact) mass is 540 g/mol. The number of carbonyl (C=O) groups is 2. The Morgan fingerprint density at radius 3 is 2.26 bits per heavy atom. The van der Waals surface area contributed by atoms with Crippen LogP contribution in [0.25, 0.3) is 0 Å². The molecule has 0 radical (unpaired) electrons. The van der Waals surface area contributed by atoms with Gasteiger partial charge in [-0.1, -0.05) is 36.9 Å². The molecule has 2 aliphatic rings. The van der Waals surface area contributed by atoms with E-state index in [1.165, 1.54) is 12.1 Å². The van der Waals surface area contributed by atoms with Crippen molar-refractivity contribution in [1.82, 2.24) is 4.98 Å². The molecule has 0 bridgehead atoms. The lowest BCUT2D eigenvalue weighted by Gasteiger charge is -2.43. The van der Waals surface area contributed by atoms with Gasteiger partial charge in [0, 0.05) is 29.6 Å². The number of aromatic nitrogens is 1. The van der Waals surface area contributed by atoms with Crippen LogP contribution >= 0.6 is 11.6 Å². The zero-order chi connectivity index (χ0) is 27.0. The van der Waals surface area contributed by atoms with Gasteiger partial charge in [-0.05, 0) is 55.5 Å². The number of hydrogen-bond donors (Lipinski definition) is 4. The maximum Gasteiger partial charge on any atom is 0.335 e. The standard InChI is InChI=1S/C28H27ClF2N4O3/c1-15-11-17(27(37)38)7-9-21(15)33-26(36)25(16-5-3-2-4-6-16)28(18-8-10-24(29)32-14-18)34-22-12-19(30)20(31)13-23(22)35-28/h7-14,16,25,34-35H,2-6H2,1H3,(H,33,36)(H,37,38). The minimum Gasteiger partial charge on any atom is -0.478 e. The minimum atomic E-state index is -1.28. The van der Waals surface area contributed by atoms with Crippen molar-refractivity contribution in [1.29, 1.82) is 0 Å². The molecule has 10 heteroatoms. The largest absolute Gasteiger partial charge is 0.478 e. The SMILES string of the molecule is Cc1cc(C(=O)O)ccc1NC(=O)C(C1CCCCC1)C1(c2ccc(Cl)nc2)Nc2cc(F)c(F)cc2N1. The number of carboxylic acids is 1. The number of hydrogen-bond acceptors (Lipinski definition) is 5. The summed E-state index contributed by atoms with van der Waals surface area (Å²) in [5.41, 5.74) is 1.17. The molecule has 198 valence electrons. The van der Waals surface area contributed by atoms with E-state index in [1.54, 1.807) is 31.3 Å². The summed E-state index contributed by atoms with van der Waals surface area (Å²) in [5, 5.41) is 19.2. The fraction of sp³-hybridized carbons (Fsp3) is 0.321. The zero-order valence-electron chi connectivity index (χ0n) is 20.7. The molecule has 1 unspecified atom stereocenters. The molecule has 3 aromatic rings. The Morgan fingerprint density at radius 2 is 1.71 bits per heavy atom. The molecule has 1 atom stereocenters. The Kier molecular flexibility index (Phi) is 6.96. The summed E-state index contributed by atoms with van der Waals surface area (Å²) in [4.78, 5) is 29.8. The number of pyridine rings is 1. The van der Waals surface area contributed by atoms with Crippen LogP contribution in [0.2, 0.25) is 5.15 Å². The highest BCUT2D eigenvalue weighted by atomic mass is 35.5. The van der Waals surface area contributed by atoms with E-state index in [0.717, 1.165) is 44.2 Å². The van der Waals surface area contributed by atoms with E-state index in [2.05, 4.69) is 20.9 Å². The maximum atomic E-state index is 14.2. The van der Waals surface area contributed by atoms with Gasteiger partial charge in [0.2, 0.25) is 5.91 Å². The van der Waals surface area contributed by atoms with Crippen molar-refractivity contribution in [2.75, 3.05) is 16.0 Å². The van der Waals surface area contributed by atoms with E-state index in [4.69, 9.17) is 11.6 Å². The molecule has 1 amide bonds. The number of carboxylic acid groups (broad SMARTS) is 1. The van der Waals surface area contributed by atoms with Gasteiger partial charge in [0.25, 0.3) is 0 Å².